The average molecular weight is 348 g/mol. The number of rotatable bonds is 8. The molecular formula is C16H20N4O5. The molecule has 9 heteroatoms. The number of nitrogens with zero attached hydrogens (tertiary/aromatic N) is 2. The number of carboxylic acids is 1. The number of carbonyl (C=O) groups is 1. The molecule has 1 heterocycles. The van der Waals surface area contributed by atoms with Crippen LogP contribution in [0.2, 0.25) is 0 Å². The van der Waals surface area contributed by atoms with Gasteiger partial charge in [0.05, 0.1) is 27.2 Å². The summed E-state index contributed by atoms with van der Waals surface area (Å²) < 4.78 is 16.2. The largest absolute Gasteiger partial charge is 0.493 e. The molecule has 5 N–H and O–H groups in total. The van der Waals surface area contributed by atoms with Gasteiger partial charge in [-0.2, -0.15) is 4.98 Å². The number of ether oxygens (including phenoxy) is 3. The molecule has 0 aliphatic heterocycles. The fraction of sp³-hybridized carbons (Fsp3) is 0.312. The number of nitrogens with two attached hydrogens (primary N) is 2. The van der Waals surface area contributed by atoms with E-state index in [0.717, 1.165) is 5.56 Å². The van der Waals surface area contributed by atoms with Crippen LogP contribution in [-0.2, 0) is 11.2 Å². The van der Waals surface area contributed by atoms with Crippen LogP contribution in [0.5, 0.6) is 17.2 Å². The van der Waals surface area contributed by atoms with Crippen LogP contribution in [0.3, 0.4) is 0 Å². The van der Waals surface area contributed by atoms with Gasteiger partial charge in [-0.1, -0.05) is 0 Å². The summed E-state index contributed by atoms with van der Waals surface area (Å²) in [6.45, 7) is 0.00538. The second-order valence-electron chi connectivity index (χ2n) is 5.14. The van der Waals surface area contributed by atoms with E-state index in [1.807, 2.05) is 0 Å². The Hall–Kier alpha value is -3.23. The minimum Gasteiger partial charge on any atom is -0.493 e. The molecule has 1 aromatic heterocycles. The van der Waals surface area contributed by atoms with E-state index in [4.69, 9.17) is 30.8 Å². The van der Waals surface area contributed by atoms with Gasteiger partial charge in [-0.05, 0) is 17.7 Å². The first-order valence-electron chi connectivity index (χ1n) is 7.41. The molecule has 0 radical (unpaired) electrons. The molecule has 0 atom stereocenters. The molecule has 25 heavy (non-hydrogen) atoms. The SMILES string of the molecule is COc1cc(Cc2cnc(N)nc2N)cc(OCCC(=O)O)c1OC. The highest BCUT2D eigenvalue weighted by Crippen LogP contribution is 2.39. The second-order valence-corrected chi connectivity index (χ2v) is 5.14. The first-order valence-corrected chi connectivity index (χ1v) is 7.41. The zero-order chi connectivity index (χ0) is 18.4. The van der Waals surface area contributed by atoms with Gasteiger partial charge in [0.25, 0.3) is 0 Å². The van der Waals surface area contributed by atoms with E-state index in [0.29, 0.717) is 29.2 Å². The maximum Gasteiger partial charge on any atom is 0.306 e. The third kappa shape index (κ3) is 4.63. The number of nitrogen functional groups attached to an aromatic ring is 2. The minimum atomic E-state index is -0.950. The third-order valence-corrected chi connectivity index (χ3v) is 3.39. The van der Waals surface area contributed by atoms with Crippen LogP contribution in [0.15, 0.2) is 18.3 Å². The highest BCUT2D eigenvalue weighted by Gasteiger charge is 2.15. The van der Waals surface area contributed by atoms with Gasteiger partial charge in [-0.15, -0.1) is 0 Å². The van der Waals surface area contributed by atoms with E-state index in [9.17, 15) is 4.79 Å². The fourth-order valence-electron chi connectivity index (χ4n) is 2.23. The Balaban J connectivity index is 2.32. The van der Waals surface area contributed by atoms with Gasteiger partial charge in [0.2, 0.25) is 11.7 Å². The van der Waals surface area contributed by atoms with Crippen molar-refractivity contribution in [3.05, 3.63) is 29.5 Å². The molecule has 0 aliphatic rings. The molecule has 0 amide bonds. The van der Waals surface area contributed by atoms with Crippen LogP contribution in [0, 0.1) is 0 Å². The molecular weight excluding hydrogens is 328 g/mol. The first-order chi connectivity index (χ1) is 11.9. The predicted octanol–water partition coefficient (Wildman–Crippen LogP) is 1.10. The molecule has 9 nitrogen and oxygen atoms in total. The van der Waals surface area contributed by atoms with E-state index in [1.54, 1.807) is 18.3 Å². The molecule has 0 bridgehead atoms. The number of hydrogen-bond donors (Lipinski definition) is 3. The molecule has 0 unspecified atom stereocenters. The lowest BCUT2D eigenvalue weighted by molar-refractivity contribution is -0.137. The van der Waals surface area contributed by atoms with E-state index in [-0.39, 0.29) is 24.8 Å². The second kappa shape index (κ2) is 8.04. The number of anilines is 2. The molecule has 2 rings (SSSR count). The number of aromatic nitrogens is 2. The summed E-state index contributed by atoms with van der Waals surface area (Å²) >= 11 is 0. The third-order valence-electron chi connectivity index (χ3n) is 3.39. The van der Waals surface area contributed by atoms with E-state index < -0.39 is 5.97 Å². The van der Waals surface area contributed by atoms with Crippen LogP contribution >= 0.6 is 0 Å². The number of hydrogen-bond acceptors (Lipinski definition) is 8. The Morgan fingerprint density at radius 3 is 2.52 bits per heavy atom. The van der Waals surface area contributed by atoms with Gasteiger partial charge in [-0.3, -0.25) is 4.79 Å². The highest BCUT2D eigenvalue weighted by molar-refractivity contribution is 5.66. The quantitative estimate of drug-likeness (QED) is 0.639. The average Bonchev–Trinajstić information content (AvgIpc) is 2.56. The lowest BCUT2D eigenvalue weighted by Gasteiger charge is -2.16. The fourth-order valence-corrected chi connectivity index (χ4v) is 2.23. The van der Waals surface area contributed by atoms with Crippen molar-refractivity contribution >= 4 is 17.7 Å². The summed E-state index contributed by atoms with van der Waals surface area (Å²) in [4.78, 5) is 18.5. The molecule has 0 spiro atoms. The van der Waals surface area contributed by atoms with Gasteiger partial charge in [0.15, 0.2) is 11.5 Å². The summed E-state index contributed by atoms with van der Waals surface area (Å²) in [7, 11) is 2.98. The van der Waals surface area contributed by atoms with Gasteiger partial charge in [-0.25, -0.2) is 4.98 Å². The summed E-state index contributed by atoms with van der Waals surface area (Å²) in [6, 6.07) is 3.51. The smallest absolute Gasteiger partial charge is 0.306 e. The Kier molecular flexibility index (Phi) is 5.83. The van der Waals surface area contributed by atoms with Crippen molar-refractivity contribution in [3.63, 3.8) is 0 Å². The van der Waals surface area contributed by atoms with Crippen LogP contribution in [0.4, 0.5) is 11.8 Å². The zero-order valence-electron chi connectivity index (χ0n) is 14.0. The lowest BCUT2D eigenvalue weighted by Crippen LogP contribution is -2.07. The van der Waals surface area contributed by atoms with Crippen LogP contribution < -0.4 is 25.7 Å². The van der Waals surface area contributed by atoms with Crippen molar-refractivity contribution in [2.75, 3.05) is 32.3 Å². The van der Waals surface area contributed by atoms with Crippen LogP contribution in [0.25, 0.3) is 0 Å². The summed E-state index contributed by atoms with van der Waals surface area (Å²) in [6.07, 6.45) is 1.84. The summed E-state index contributed by atoms with van der Waals surface area (Å²) in [5.74, 6) is 0.669. The van der Waals surface area contributed by atoms with Gasteiger partial charge in [0, 0.05) is 18.2 Å². The van der Waals surface area contributed by atoms with Crippen molar-refractivity contribution < 1.29 is 24.1 Å². The van der Waals surface area contributed by atoms with E-state index >= 15 is 0 Å². The highest BCUT2D eigenvalue weighted by atomic mass is 16.5. The van der Waals surface area contributed by atoms with Gasteiger partial charge in [0.1, 0.15) is 5.82 Å². The molecule has 134 valence electrons. The summed E-state index contributed by atoms with van der Waals surface area (Å²) in [5, 5.41) is 8.75. The van der Waals surface area contributed by atoms with Crippen molar-refractivity contribution in [3.8, 4) is 17.2 Å². The normalized spacial score (nSPS) is 10.3. The maximum absolute atomic E-state index is 10.7. The zero-order valence-corrected chi connectivity index (χ0v) is 14.0. The predicted molar refractivity (Wildman–Crippen MR) is 91.0 cm³/mol. The van der Waals surface area contributed by atoms with Crippen LogP contribution in [0.1, 0.15) is 17.5 Å². The number of methoxy groups -OCH3 is 2. The van der Waals surface area contributed by atoms with E-state index in [2.05, 4.69) is 9.97 Å². The summed E-state index contributed by atoms with van der Waals surface area (Å²) in [5.41, 5.74) is 12.9. The van der Waals surface area contributed by atoms with Gasteiger partial charge >= 0.3 is 5.97 Å². The Morgan fingerprint density at radius 1 is 1.20 bits per heavy atom. The molecule has 1 aromatic carbocycles. The molecule has 2 aromatic rings. The first kappa shape index (κ1) is 18.1. The van der Waals surface area contributed by atoms with Crippen molar-refractivity contribution in [2.45, 2.75) is 12.8 Å². The van der Waals surface area contributed by atoms with Crippen molar-refractivity contribution in [1.29, 1.82) is 0 Å². The Morgan fingerprint density at radius 2 is 1.92 bits per heavy atom. The monoisotopic (exact) mass is 348 g/mol. The van der Waals surface area contributed by atoms with Crippen LogP contribution in [-0.4, -0.2) is 41.9 Å². The number of benzene rings is 1. The molecule has 0 fully saturated rings. The van der Waals surface area contributed by atoms with Crippen molar-refractivity contribution in [1.82, 2.24) is 9.97 Å². The Bertz CT molecular complexity index is 766. The van der Waals surface area contributed by atoms with E-state index in [1.165, 1.54) is 14.2 Å². The van der Waals surface area contributed by atoms with Gasteiger partial charge < -0.3 is 30.8 Å². The number of carboxylic acid groups (broad SMARTS) is 1. The topological polar surface area (TPSA) is 143 Å². The minimum absolute atomic E-state index is 0.00538. The standard InChI is InChI=1S/C16H20N4O5/c1-23-11-6-9(5-10-8-19-16(18)20-15(10)17)7-12(14(11)24-2)25-4-3-13(21)22/h6-8H,3-5H2,1-2H3,(H,21,22)(H4,17,18,19,20). The maximum atomic E-state index is 10.7. The molecule has 0 saturated heterocycles. The van der Waals surface area contributed by atoms with Crippen molar-refractivity contribution in [2.24, 2.45) is 0 Å². The number of aliphatic carboxylic acids is 1. The lowest BCUT2D eigenvalue weighted by atomic mass is 10.1. The molecule has 0 aliphatic carbocycles. The molecule has 0 saturated carbocycles. The Labute approximate surface area is 144 Å².